The summed E-state index contributed by atoms with van der Waals surface area (Å²) in [5, 5.41) is 16.5. The van der Waals surface area contributed by atoms with Crippen LogP contribution >= 0.6 is 0 Å². The van der Waals surface area contributed by atoms with Crippen molar-refractivity contribution in [2.75, 3.05) is 26.2 Å². The number of para-hydroxylation sites is 1. The van der Waals surface area contributed by atoms with Gasteiger partial charge in [-0.15, -0.1) is 0 Å². The highest BCUT2D eigenvalue weighted by Gasteiger charge is 2.21. The van der Waals surface area contributed by atoms with Crippen molar-refractivity contribution in [1.29, 1.82) is 0 Å². The van der Waals surface area contributed by atoms with E-state index in [2.05, 4.69) is 20.3 Å². The Bertz CT molecular complexity index is 659. The van der Waals surface area contributed by atoms with Crippen LogP contribution in [0.5, 0.6) is 0 Å². The summed E-state index contributed by atoms with van der Waals surface area (Å²) in [6, 6.07) is 7.55. The van der Waals surface area contributed by atoms with Crippen LogP contribution in [0.15, 0.2) is 36.9 Å². The van der Waals surface area contributed by atoms with Crippen molar-refractivity contribution in [3.8, 4) is 5.69 Å². The summed E-state index contributed by atoms with van der Waals surface area (Å²) in [6.07, 6.45) is 6.37. The third-order valence-corrected chi connectivity index (χ3v) is 4.46. The summed E-state index contributed by atoms with van der Waals surface area (Å²) < 4.78 is 1.58. The number of rotatable bonds is 6. The Kier molecular flexibility index (Phi) is 5.55. The van der Waals surface area contributed by atoms with Crippen LogP contribution in [0, 0.1) is 0 Å². The maximum Gasteiger partial charge on any atom is 0.253 e. The zero-order valence-electron chi connectivity index (χ0n) is 13.6. The highest BCUT2D eigenvalue weighted by atomic mass is 16.3. The van der Waals surface area contributed by atoms with E-state index in [1.54, 1.807) is 17.1 Å². The average Bonchev–Trinajstić information content (AvgIpc) is 3.16. The Morgan fingerprint density at radius 3 is 3.00 bits per heavy atom. The number of carbonyl (C=O) groups is 1. The predicted molar refractivity (Wildman–Crippen MR) is 90.0 cm³/mol. The molecule has 128 valence electrons. The molecule has 1 aromatic heterocycles. The smallest absolute Gasteiger partial charge is 0.253 e. The molecule has 0 aliphatic carbocycles. The fourth-order valence-electron chi connectivity index (χ4n) is 3.17. The van der Waals surface area contributed by atoms with Crippen molar-refractivity contribution in [3.63, 3.8) is 0 Å². The first kappa shape index (κ1) is 16.6. The number of piperidine rings is 1. The van der Waals surface area contributed by atoms with E-state index in [0.717, 1.165) is 25.9 Å². The van der Waals surface area contributed by atoms with Gasteiger partial charge in [-0.25, -0.2) is 9.67 Å². The van der Waals surface area contributed by atoms with E-state index in [1.807, 2.05) is 18.2 Å². The highest BCUT2D eigenvalue weighted by molar-refractivity contribution is 5.97. The van der Waals surface area contributed by atoms with E-state index in [0.29, 0.717) is 17.8 Å². The lowest BCUT2D eigenvalue weighted by Crippen LogP contribution is -2.45. The van der Waals surface area contributed by atoms with Crippen LogP contribution in [-0.2, 0) is 0 Å². The van der Waals surface area contributed by atoms with Crippen molar-refractivity contribution in [1.82, 2.24) is 25.0 Å². The molecule has 1 aliphatic rings. The van der Waals surface area contributed by atoms with Gasteiger partial charge in [0, 0.05) is 19.1 Å². The molecule has 2 aromatic rings. The van der Waals surface area contributed by atoms with E-state index in [9.17, 15) is 9.90 Å². The topological polar surface area (TPSA) is 83.3 Å². The molecule has 2 N–H and O–H groups in total. The van der Waals surface area contributed by atoms with Gasteiger partial charge in [0.05, 0.1) is 17.9 Å². The van der Waals surface area contributed by atoms with Gasteiger partial charge >= 0.3 is 0 Å². The Balaban J connectivity index is 1.60. The summed E-state index contributed by atoms with van der Waals surface area (Å²) in [4.78, 5) is 18.7. The van der Waals surface area contributed by atoms with Crippen LogP contribution in [0.4, 0.5) is 0 Å². The van der Waals surface area contributed by atoms with Gasteiger partial charge < -0.3 is 10.4 Å². The molecule has 0 radical (unpaired) electrons. The molecule has 1 aliphatic heterocycles. The first-order valence-corrected chi connectivity index (χ1v) is 8.36. The molecular formula is C17H23N5O2. The van der Waals surface area contributed by atoms with Gasteiger partial charge in [-0.3, -0.25) is 9.69 Å². The van der Waals surface area contributed by atoms with Crippen LogP contribution in [0.2, 0.25) is 0 Å². The lowest BCUT2D eigenvalue weighted by molar-refractivity contribution is 0.0849. The second-order valence-electron chi connectivity index (χ2n) is 5.98. The number of benzene rings is 1. The van der Waals surface area contributed by atoms with Crippen molar-refractivity contribution in [2.45, 2.75) is 25.3 Å². The second kappa shape index (κ2) is 8.03. The van der Waals surface area contributed by atoms with Gasteiger partial charge in [0.25, 0.3) is 5.91 Å². The molecule has 7 heteroatoms. The molecule has 7 nitrogen and oxygen atoms in total. The third-order valence-electron chi connectivity index (χ3n) is 4.46. The van der Waals surface area contributed by atoms with Crippen molar-refractivity contribution < 1.29 is 9.90 Å². The molecule has 0 spiro atoms. The normalized spacial score (nSPS) is 18.5. The zero-order chi connectivity index (χ0) is 16.8. The maximum atomic E-state index is 12.5. The molecule has 2 heterocycles. The molecule has 1 amide bonds. The third kappa shape index (κ3) is 3.80. The summed E-state index contributed by atoms with van der Waals surface area (Å²) >= 11 is 0. The molecule has 1 unspecified atom stereocenters. The molecule has 1 atom stereocenters. The van der Waals surface area contributed by atoms with Gasteiger partial charge in [0.2, 0.25) is 0 Å². The summed E-state index contributed by atoms with van der Waals surface area (Å²) in [6.45, 7) is 2.48. The largest absolute Gasteiger partial charge is 0.395 e. The van der Waals surface area contributed by atoms with Crippen LogP contribution in [0.25, 0.3) is 5.69 Å². The minimum absolute atomic E-state index is 0.126. The van der Waals surface area contributed by atoms with Crippen LogP contribution in [0.3, 0.4) is 0 Å². The van der Waals surface area contributed by atoms with E-state index in [-0.39, 0.29) is 18.6 Å². The lowest BCUT2D eigenvalue weighted by atomic mass is 10.0. The number of carbonyl (C=O) groups excluding carboxylic acids is 1. The number of amides is 1. The number of aliphatic hydroxyl groups is 1. The van der Waals surface area contributed by atoms with Gasteiger partial charge in [-0.2, -0.15) is 5.10 Å². The predicted octanol–water partition coefficient (Wildman–Crippen LogP) is 0.844. The number of hydrogen-bond acceptors (Lipinski definition) is 5. The first-order chi connectivity index (χ1) is 11.8. The fourth-order valence-corrected chi connectivity index (χ4v) is 3.17. The van der Waals surface area contributed by atoms with E-state index in [4.69, 9.17) is 0 Å². The van der Waals surface area contributed by atoms with Crippen LogP contribution < -0.4 is 5.32 Å². The van der Waals surface area contributed by atoms with Gasteiger partial charge in [0.15, 0.2) is 0 Å². The number of nitrogens with one attached hydrogen (secondary N) is 1. The molecule has 0 saturated carbocycles. The summed E-state index contributed by atoms with van der Waals surface area (Å²) in [5.41, 5.74) is 1.28. The summed E-state index contributed by atoms with van der Waals surface area (Å²) in [5.74, 6) is -0.126. The van der Waals surface area contributed by atoms with Gasteiger partial charge in [-0.05, 0) is 31.5 Å². The van der Waals surface area contributed by atoms with Crippen molar-refractivity contribution in [2.24, 2.45) is 0 Å². The molecular weight excluding hydrogens is 306 g/mol. The number of aromatic nitrogens is 3. The molecule has 1 fully saturated rings. The Labute approximate surface area is 141 Å². The first-order valence-electron chi connectivity index (χ1n) is 8.36. The highest BCUT2D eigenvalue weighted by Crippen LogP contribution is 2.16. The molecule has 1 saturated heterocycles. The Hall–Kier alpha value is -2.25. The van der Waals surface area contributed by atoms with Gasteiger partial charge in [-0.1, -0.05) is 18.6 Å². The Morgan fingerprint density at radius 1 is 1.33 bits per heavy atom. The fraction of sp³-hybridized carbons (Fsp3) is 0.471. The van der Waals surface area contributed by atoms with Gasteiger partial charge in [0.1, 0.15) is 12.7 Å². The number of nitrogens with zero attached hydrogens (tertiary/aromatic N) is 4. The molecule has 3 rings (SSSR count). The quantitative estimate of drug-likeness (QED) is 0.821. The van der Waals surface area contributed by atoms with Crippen molar-refractivity contribution >= 4 is 5.91 Å². The number of likely N-dealkylation sites (tertiary alicyclic amines) is 1. The van der Waals surface area contributed by atoms with Crippen molar-refractivity contribution in [3.05, 3.63) is 42.5 Å². The molecule has 1 aromatic carbocycles. The zero-order valence-corrected chi connectivity index (χ0v) is 13.6. The van der Waals surface area contributed by atoms with E-state index >= 15 is 0 Å². The molecule has 0 bridgehead atoms. The maximum absolute atomic E-state index is 12.5. The average molecular weight is 329 g/mol. The summed E-state index contributed by atoms with van der Waals surface area (Å²) in [7, 11) is 0. The number of aliphatic hydroxyl groups excluding tert-OH is 1. The monoisotopic (exact) mass is 329 g/mol. The van der Waals surface area contributed by atoms with E-state index in [1.165, 1.54) is 12.7 Å². The standard InChI is InChI=1S/C17H23N5O2/c23-11-14-5-3-4-9-21(14)10-8-19-17(24)15-6-1-2-7-16(15)22-13-18-12-20-22/h1-2,6-7,12-14,23H,3-5,8-11H2,(H,19,24). The van der Waals surface area contributed by atoms with Crippen LogP contribution in [-0.4, -0.2) is 63.0 Å². The Morgan fingerprint density at radius 2 is 2.21 bits per heavy atom. The lowest BCUT2D eigenvalue weighted by Gasteiger charge is -2.34. The minimum atomic E-state index is -0.126. The van der Waals surface area contributed by atoms with Crippen LogP contribution in [0.1, 0.15) is 29.6 Å². The number of hydrogen-bond donors (Lipinski definition) is 2. The minimum Gasteiger partial charge on any atom is -0.395 e. The second-order valence-corrected chi connectivity index (χ2v) is 5.98. The van der Waals surface area contributed by atoms with E-state index < -0.39 is 0 Å². The SMILES string of the molecule is O=C(NCCN1CCCCC1CO)c1ccccc1-n1cncn1. The molecule has 24 heavy (non-hydrogen) atoms.